The fraction of sp³-hybridized carbons (Fsp3) is 0. The normalized spacial score (nSPS) is 12.0. The van der Waals surface area contributed by atoms with E-state index in [0.29, 0.717) is 0 Å². The number of pyridine rings is 1. The van der Waals surface area contributed by atoms with Gasteiger partial charge in [0.15, 0.2) is 0 Å². The number of hydrogen-bond acceptors (Lipinski definition) is 2. The molecule has 30 heavy (non-hydrogen) atoms. The van der Waals surface area contributed by atoms with E-state index in [4.69, 9.17) is 0 Å². The van der Waals surface area contributed by atoms with E-state index in [-0.39, 0.29) is 0 Å². The van der Waals surface area contributed by atoms with Crippen LogP contribution >= 0.6 is 11.3 Å². The van der Waals surface area contributed by atoms with Crippen molar-refractivity contribution in [1.82, 2.24) is 9.38 Å². The second-order valence-electron chi connectivity index (χ2n) is 7.68. The quantitative estimate of drug-likeness (QED) is 0.258. The highest BCUT2D eigenvalue weighted by Crippen LogP contribution is 2.41. The number of nitrogens with zero attached hydrogens (tertiary/aromatic N) is 2. The van der Waals surface area contributed by atoms with Crippen molar-refractivity contribution in [2.45, 2.75) is 0 Å². The van der Waals surface area contributed by atoms with Gasteiger partial charge in [-0.1, -0.05) is 60.7 Å². The fourth-order valence-electron chi connectivity index (χ4n) is 4.75. The molecule has 0 aliphatic heterocycles. The zero-order valence-corrected chi connectivity index (χ0v) is 16.9. The fourth-order valence-corrected chi connectivity index (χ4v) is 5.89. The molecule has 0 spiro atoms. The van der Waals surface area contributed by atoms with Gasteiger partial charge < -0.3 is 0 Å². The molecule has 0 radical (unpaired) electrons. The second-order valence-corrected chi connectivity index (χ2v) is 8.76. The zero-order valence-electron chi connectivity index (χ0n) is 16.0. The van der Waals surface area contributed by atoms with Crippen LogP contribution in [0.1, 0.15) is 0 Å². The summed E-state index contributed by atoms with van der Waals surface area (Å²) in [5, 5.41) is 6.38. The number of rotatable bonds is 1. The molecule has 3 heterocycles. The summed E-state index contributed by atoms with van der Waals surface area (Å²) >= 11 is 1.87. The molecule has 0 N–H and O–H groups in total. The lowest BCUT2D eigenvalue weighted by Gasteiger charge is -2.11. The number of imidazole rings is 1. The van der Waals surface area contributed by atoms with Gasteiger partial charge in [-0.3, -0.25) is 4.40 Å². The van der Waals surface area contributed by atoms with Gasteiger partial charge in [-0.2, -0.15) is 0 Å². The first-order chi connectivity index (χ1) is 14.9. The van der Waals surface area contributed by atoms with Crippen LogP contribution in [0.15, 0.2) is 97.3 Å². The molecule has 0 saturated carbocycles. The Morgan fingerprint density at radius 3 is 2.40 bits per heavy atom. The summed E-state index contributed by atoms with van der Waals surface area (Å²) in [6, 6.07) is 30.8. The maximum Gasteiger partial charge on any atom is 0.145 e. The number of hydrogen-bond donors (Lipinski definition) is 0. The molecule has 0 aliphatic carbocycles. The van der Waals surface area contributed by atoms with Gasteiger partial charge in [-0.25, -0.2) is 4.98 Å². The van der Waals surface area contributed by atoms with Gasteiger partial charge >= 0.3 is 0 Å². The molecule has 4 aromatic carbocycles. The lowest BCUT2D eigenvalue weighted by Crippen LogP contribution is -1.91. The van der Waals surface area contributed by atoms with Gasteiger partial charge in [0.05, 0.1) is 5.52 Å². The Bertz CT molecular complexity index is 1750. The van der Waals surface area contributed by atoms with Crippen LogP contribution in [0.3, 0.4) is 0 Å². The van der Waals surface area contributed by atoms with Crippen molar-refractivity contribution in [3.8, 4) is 11.1 Å². The van der Waals surface area contributed by atoms with E-state index >= 15 is 0 Å². The SMILES string of the molecule is c1ccc2c(c1)sc1cccc(-c3ccc4c(c3)c3ccccc3c3nccn43)c12. The molecule has 3 aromatic heterocycles. The van der Waals surface area contributed by atoms with E-state index in [1.165, 1.54) is 53.0 Å². The Morgan fingerprint density at radius 1 is 0.667 bits per heavy atom. The smallest absolute Gasteiger partial charge is 0.145 e. The van der Waals surface area contributed by atoms with Crippen molar-refractivity contribution in [2.75, 3.05) is 0 Å². The summed E-state index contributed by atoms with van der Waals surface area (Å²) in [6.07, 6.45) is 3.93. The van der Waals surface area contributed by atoms with Crippen molar-refractivity contribution in [2.24, 2.45) is 0 Å². The van der Waals surface area contributed by atoms with E-state index in [0.717, 1.165) is 5.65 Å². The van der Waals surface area contributed by atoms with Gasteiger partial charge in [-0.15, -0.1) is 11.3 Å². The van der Waals surface area contributed by atoms with Crippen LogP contribution in [0.4, 0.5) is 0 Å². The summed E-state index contributed by atoms with van der Waals surface area (Å²) in [6.45, 7) is 0. The largest absolute Gasteiger partial charge is 0.299 e. The Balaban J connectivity index is 1.62. The molecular weight excluding hydrogens is 384 g/mol. The van der Waals surface area contributed by atoms with E-state index < -0.39 is 0 Å². The van der Waals surface area contributed by atoms with Gasteiger partial charge in [-0.05, 0) is 40.8 Å². The molecule has 0 saturated heterocycles. The topological polar surface area (TPSA) is 17.3 Å². The van der Waals surface area contributed by atoms with Crippen LogP contribution in [-0.2, 0) is 0 Å². The molecule has 7 aromatic rings. The van der Waals surface area contributed by atoms with Crippen molar-refractivity contribution < 1.29 is 0 Å². The van der Waals surface area contributed by atoms with Gasteiger partial charge in [0, 0.05) is 43.3 Å². The first kappa shape index (κ1) is 16.1. The first-order valence-electron chi connectivity index (χ1n) is 10.1. The third-order valence-corrected chi connectivity index (χ3v) is 7.20. The predicted octanol–water partition coefficient (Wildman–Crippen LogP) is 7.68. The molecule has 0 fully saturated rings. The highest BCUT2D eigenvalue weighted by Gasteiger charge is 2.13. The lowest BCUT2D eigenvalue weighted by atomic mass is 9.96. The summed E-state index contributed by atoms with van der Waals surface area (Å²) in [4.78, 5) is 4.61. The van der Waals surface area contributed by atoms with Crippen LogP contribution in [0, 0.1) is 0 Å². The Labute approximate surface area is 176 Å². The van der Waals surface area contributed by atoms with Crippen LogP contribution in [0.5, 0.6) is 0 Å². The van der Waals surface area contributed by atoms with Crippen molar-refractivity contribution in [1.29, 1.82) is 0 Å². The monoisotopic (exact) mass is 400 g/mol. The molecule has 0 atom stereocenters. The minimum Gasteiger partial charge on any atom is -0.299 e. The third-order valence-electron chi connectivity index (χ3n) is 6.07. The average Bonchev–Trinajstić information content (AvgIpc) is 3.44. The highest BCUT2D eigenvalue weighted by atomic mass is 32.1. The minimum absolute atomic E-state index is 1.01. The van der Waals surface area contributed by atoms with Crippen LogP contribution in [0.2, 0.25) is 0 Å². The highest BCUT2D eigenvalue weighted by molar-refractivity contribution is 7.25. The minimum atomic E-state index is 1.01. The van der Waals surface area contributed by atoms with Crippen LogP contribution in [-0.4, -0.2) is 9.38 Å². The standard InChI is InChI=1S/C27H16N2S/c1-2-7-20-19(6-1)22-16-17(12-13-23(22)29-15-14-28-27(20)29)18-9-5-11-25-26(18)21-8-3-4-10-24(21)30-25/h1-16H. The molecular formula is C27H16N2S. The van der Waals surface area contributed by atoms with E-state index in [2.05, 4.69) is 101 Å². The molecule has 0 bridgehead atoms. The Hall–Kier alpha value is -3.69. The van der Waals surface area contributed by atoms with Crippen molar-refractivity contribution >= 4 is 58.8 Å². The summed E-state index contributed by atoms with van der Waals surface area (Å²) < 4.78 is 4.87. The van der Waals surface area contributed by atoms with Gasteiger partial charge in [0.25, 0.3) is 0 Å². The van der Waals surface area contributed by atoms with Crippen molar-refractivity contribution in [3.63, 3.8) is 0 Å². The molecule has 0 amide bonds. The molecule has 140 valence electrons. The Kier molecular flexibility index (Phi) is 3.18. The van der Waals surface area contributed by atoms with Gasteiger partial charge in [0.2, 0.25) is 0 Å². The third kappa shape index (κ3) is 2.10. The maximum atomic E-state index is 4.61. The lowest BCUT2D eigenvalue weighted by molar-refractivity contribution is 1.27. The number of fused-ring (bicyclic) bond motifs is 9. The first-order valence-corrected chi connectivity index (χ1v) is 10.9. The summed E-state index contributed by atoms with van der Waals surface area (Å²) in [5.74, 6) is 0. The van der Waals surface area contributed by atoms with Crippen LogP contribution in [0.25, 0.3) is 58.6 Å². The number of thiophene rings is 1. The maximum absolute atomic E-state index is 4.61. The second kappa shape index (κ2) is 5.91. The summed E-state index contributed by atoms with van der Waals surface area (Å²) in [7, 11) is 0. The molecule has 7 rings (SSSR count). The zero-order chi connectivity index (χ0) is 19.7. The average molecular weight is 401 g/mol. The molecule has 2 nitrogen and oxygen atoms in total. The molecule has 3 heteroatoms. The number of aromatic nitrogens is 2. The molecule has 0 aliphatic rings. The van der Waals surface area contributed by atoms with Crippen LogP contribution < -0.4 is 0 Å². The number of benzene rings is 4. The predicted molar refractivity (Wildman–Crippen MR) is 129 cm³/mol. The van der Waals surface area contributed by atoms with E-state index in [1.54, 1.807) is 0 Å². The van der Waals surface area contributed by atoms with Gasteiger partial charge in [0.1, 0.15) is 5.65 Å². The van der Waals surface area contributed by atoms with E-state index in [9.17, 15) is 0 Å². The molecule has 0 unspecified atom stereocenters. The van der Waals surface area contributed by atoms with Crippen molar-refractivity contribution in [3.05, 3.63) is 97.3 Å². The Morgan fingerprint density at radius 2 is 1.47 bits per heavy atom. The van der Waals surface area contributed by atoms with E-state index in [1.807, 2.05) is 17.5 Å². The summed E-state index contributed by atoms with van der Waals surface area (Å²) in [5.41, 5.74) is 4.74.